The highest BCUT2D eigenvalue weighted by Gasteiger charge is 2.20. The molecule has 0 aliphatic heterocycles. The predicted octanol–water partition coefficient (Wildman–Crippen LogP) is 4.37. The van der Waals surface area contributed by atoms with E-state index in [9.17, 15) is 13.6 Å². The largest absolute Gasteiger partial charge is 0.435 e. The second-order valence-corrected chi connectivity index (χ2v) is 6.06. The van der Waals surface area contributed by atoms with Crippen molar-refractivity contribution in [3.8, 4) is 11.4 Å². The Hall–Kier alpha value is -2.93. The third-order valence-electron chi connectivity index (χ3n) is 3.83. The van der Waals surface area contributed by atoms with Crippen LogP contribution >= 0.6 is 11.6 Å². The number of carbonyl (C=O) groups is 1. The summed E-state index contributed by atoms with van der Waals surface area (Å²) in [6.45, 7) is -0.960. The van der Waals surface area contributed by atoms with Crippen molar-refractivity contribution in [3.63, 3.8) is 0 Å². The van der Waals surface area contributed by atoms with Crippen molar-refractivity contribution in [2.24, 2.45) is 0 Å². The number of hydrogen-bond donors (Lipinski definition) is 1. The van der Waals surface area contributed by atoms with Gasteiger partial charge in [-0.25, -0.2) is 4.68 Å². The number of aryl methyl sites for hydroxylation is 1. The zero-order valence-corrected chi connectivity index (χ0v) is 15.1. The molecule has 8 heteroatoms. The second-order valence-electron chi connectivity index (χ2n) is 5.70. The molecule has 0 aliphatic carbocycles. The summed E-state index contributed by atoms with van der Waals surface area (Å²) in [5.41, 5.74) is 2.27. The van der Waals surface area contributed by atoms with E-state index >= 15 is 0 Å². The second kappa shape index (κ2) is 8.18. The van der Waals surface area contributed by atoms with Crippen molar-refractivity contribution < 1.29 is 18.3 Å². The molecule has 1 amide bonds. The molecule has 0 bridgehead atoms. The fourth-order valence-corrected chi connectivity index (χ4v) is 2.91. The molecule has 0 unspecified atom stereocenters. The number of alkyl halides is 2. The van der Waals surface area contributed by atoms with Gasteiger partial charge in [-0.05, 0) is 36.8 Å². The van der Waals surface area contributed by atoms with Crippen LogP contribution in [0.4, 0.5) is 8.78 Å². The maximum absolute atomic E-state index is 12.5. The Morgan fingerprint density at radius 2 is 1.85 bits per heavy atom. The van der Waals surface area contributed by atoms with Crippen LogP contribution in [-0.4, -0.2) is 22.3 Å². The number of nitrogens with one attached hydrogen (secondary N) is 1. The molecule has 0 atom stereocenters. The van der Waals surface area contributed by atoms with Gasteiger partial charge in [-0.1, -0.05) is 41.9 Å². The van der Waals surface area contributed by atoms with Crippen LogP contribution < -0.4 is 10.1 Å². The molecule has 3 aromatic rings. The number of aromatic nitrogens is 2. The summed E-state index contributed by atoms with van der Waals surface area (Å²) < 4.78 is 30.1. The highest BCUT2D eigenvalue weighted by Crippen LogP contribution is 2.23. The molecule has 0 spiro atoms. The van der Waals surface area contributed by atoms with E-state index in [2.05, 4.69) is 15.2 Å². The highest BCUT2D eigenvalue weighted by atomic mass is 35.5. The van der Waals surface area contributed by atoms with Gasteiger partial charge in [-0.2, -0.15) is 13.9 Å². The van der Waals surface area contributed by atoms with Crippen LogP contribution in [0.2, 0.25) is 5.15 Å². The number of carbonyl (C=O) groups excluding carboxylic acids is 1. The minimum atomic E-state index is -2.87. The van der Waals surface area contributed by atoms with E-state index in [0.29, 0.717) is 5.69 Å². The Morgan fingerprint density at radius 1 is 1.19 bits per heavy atom. The van der Waals surface area contributed by atoms with Gasteiger partial charge in [0.2, 0.25) is 0 Å². The minimum absolute atomic E-state index is 0.0584. The van der Waals surface area contributed by atoms with Gasteiger partial charge in [-0.15, -0.1) is 0 Å². The molecule has 0 saturated carbocycles. The van der Waals surface area contributed by atoms with Crippen molar-refractivity contribution in [2.45, 2.75) is 20.1 Å². The first-order valence-corrected chi connectivity index (χ1v) is 8.46. The number of hydrogen-bond acceptors (Lipinski definition) is 3. The van der Waals surface area contributed by atoms with Crippen LogP contribution in [0.5, 0.6) is 5.75 Å². The van der Waals surface area contributed by atoms with Crippen molar-refractivity contribution in [1.29, 1.82) is 0 Å². The summed E-state index contributed by atoms with van der Waals surface area (Å²) in [6.07, 6.45) is 0. The number of benzene rings is 2. The molecule has 0 saturated heterocycles. The maximum atomic E-state index is 12.5. The summed E-state index contributed by atoms with van der Waals surface area (Å²) in [6, 6.07) is 15.3. The zero-order valence-electron chi connectivity index (χ0n) is 14.3. The lowest BCUT2D eigenvalue weighted by molar-refractivity contribution is -0.0498. The van der Waals surface area contributed by atoms with E-state index in [4.69, 9.17) is 11.6 Å². The number of halogens is 3. The van der Waals surface area contributed by atoms with Crippen molar-refractivity contribution in [3.05, 3.63) is 76.6 Å². The van der Waals surface area contributed by atoms with E-state index in [0.717, 1.165) is 11.3 Å². The number of nitrogens with zero attached hydrogens (tertiary/aromatic N) is 2. The van der Waals surface area contributed by atoms with Gasteiger partial charge < -0.3 is 10.1 Å². The molecule has 1 heterocycles. The Bertz CT molecular complexity index is 928. The molecule has 0 aliphatic rings. The molecular weight excluding hydrogens is 376 g/mol. The van der Waals surface area contributed by atoms with Crippen molar-refractivity contribution >= 4 is 17.5 Å². The summed E-state index contributed by atoms with van der Waals surface area (Å²) in [4.78, 5) is 12.5. The number of ether oxygens (including phenoxy) is 1. The van der Waals surface area contributed by atoms with E-state index in [-0.39, 0.29) is 28.9 Å². The summed E-state index contributed by atoms with van der Waals surface area (Å²) in [5.74, 6) is -0.310. The Balaban J connectivity index is 1.71. The fourth-order valence-electron chi connectivity index (χ4n) is 2.56. The van der Waals surface area contributed by atoms with E-state index in [1.54, 1.807) is 19.1 Å². The third kappa shape index (κ3) is 4.43. The molecule has 3 rings (SSSR count). The fraction of sp³-hybridized carbons (Fsp3) is 0.158. The predicted molar refractivity (Wildman–Crippen MR) is 97.6 cm³/mol. The van der Waals surface area contributed by atoms with Crippen LogP contribution in [0.25, 0.3) is 5.69 Å². The molecule has 1 aromatic heterocycles. The maximum Gasteiger partial charge on any atom is 0.387 e. The van der Waals surface area contributed by atoms with Crippen molar-refractivity contribution in [2.75, 3.05) is 0 Å². The summed E-state index contributed by atoms with van der Waals surface area (Å²) in [7, 11) is 0. The standard InChI is InChI=1S/C19H16ClF2N3O2/c1-12-16(17(20)25(24-12)14-5-3-2-4-6-14)18(26)23-11-13-7-9-15(10-8-13)27-19(21)22/h2-10,19H,11H2,1H3,(H,23,26). The van der Waals surface area contributed by atoms with Gasteiger partial charge in [0.1, 0.15) is 10.9 Å². The topological polar surface area (TPSA) is 56.2 Å². The van der Waals surface area contributed by atoms with Crippen molar-refractivity contribution in [1.82, 2.24) is 15.1 Å². The third-order valence-corrected chi connectivity index (χ3v) is 4.18. The summed E-state index contributed by atoms with van der Waals surface area (Å²) >= 11 is 6.36. The van der Waals surface area contributed by atoms with Gasteiger partial charge in [0.25, 0.3) is 5.91 Å². The SMILES string of the molecule is Cc1nn(-c2ccccc2)c(Cl)c1C(=O)NCc1ccc(OC(F)F)cc1. The van der Waals surface area contributed by atoms with Crippen LogP contribution in [-0.2, 0) is 6.54 Å². The molecule has 5 nitrogen and oxygen atoms in total. The molecule has 0 radical (unpaired) electrons. The van der Waals surface area contributed by atoms with Crippen LogP contribution in [0.1, 0.15) is 21.6 Å². The lowest BCUT2D eigenvalue weighted by atomic mass is 10.2. The number of amides is 1. The van der Waals surface area contributed by atoms with Crippen LogP contribution in [0.3, 0.4) is 0 Å². The Labute approximate surface area is 159 Å². The summed E-state index contributed by atoms with van der Waals surface area (Å²) in [5, 5.41) is 7.31. The molecular formula is C19H16ClF2N3O2. The first-order valence-electron chi connectivity index (χ1n) is 8.08. The van der Waals surface area contributed by atoms with E-state index in [1.807, 2.05) is 30.3 Å². The smallest absolute Gasteiger partial charge is 0.387 e. The minimum Gasteiger partial charge on any atom is -0.435 e. The van der Waals surface area contributed by atoms with Gasteiger partial charge in [-0.3, -0.25) is 4.79 Å². The molecule has 0 fully saturated rings. The quantitative estimate of drug-likeness (QED) is 0.679. The van der Waals surface area contributed by atoms with Crippen LogP contribution in [0.15, 0.2) is 54.6 Å². The van der Waals surface area contributed by atoms with Gasteiger partial charge in [0.05, 0.1) is 16.9 Å². The molecule has 2 aromatic carbocycles. The first kappa shape index (κ1) is 18.8. The highest BCUT2D eigenvalue weighted by molar-refractivity contribution is 6.33. The molecule has 1 N–H and O–H groups in total. The first-order chi connectivity index (χ1) is 13.0. The Kier molecular flexibility index (Phi) is 5.71. The molecule has 140 valence electrons. The zero-order chi connectivity index (χ0) is 19.4. The van der Waals surface area contributed by atoms with E-state index < -0.39 is 6.61 Å². The number of rotatable bonds is 6. The Morgan fingerprint density at radius 3 is 2.48 bits per heavy atom. The lowest BCUT2D eigenvalue weighted by Crippen LogP contribution is -2.23. The molecule has 27 heavy (non-hydrogen) atoms. The van der Waals surface area contributed by atoms with E-state index in [1.165, 1.54) is 16.8 Å². The number of para-hydroxylation sites is 1. The normalized spacial score (nSPS) is 10.9. The van der Waals surface area contributed by atoms with Gasteiger partial charge >= 0.3 is 6.61 Å². The lowest BCUT2D eigenvalue weighted by Gasteiger charge is -2.08. The monoisotopic (exact) mass is 391 g/mol. The average molecular weight is 392 g/mol. The van der Waals surface area contributed by atoms with Crippen LogP contribution in [0, 0.1) is 6.92 Å². The van der Waals surface area contributed by atoms with Gasteiger partial charge in [0, 0.05) is 6.54 Å². The van der Waals surface area contributed by atoms with Gasteiger partial charge in [0.15, 0.2) is 0 Å². The average Bonchev–Trinajstić information content (AvgIpc) is 2.95.